The molecular formula is C22H16ClNO4. The van der Waals surface area contributed by atoms with Crippen LogP contribution in [0.15, 0.2) is 60.7 Å². The van der Waals surface area contributed by atoms with Gasteiger partial charge in [0.25, 0.3) is 0 Å². The molecular weight excluding hydrogens is 378 g/mol. The first-order valence-electron chi connectivity index (χ1n) is 9.17. The van der Waals surface area contributed by atoms with Crippen LogP contribution in [0.25, 0.3) is 0 Å². The lowest BCUT2D eigenvalue weighted by atomic mass is 9.85. The van der Waals surface area contributed by atoms with Crippen molar-refractivity contribution in [2.75, 3.05) is 4.90 Å². The molecule has 2 amide bonds. The van der Waals surface area contributed by atoms with E-state index in [1.807, 2.05) is 0 Å². The number of amides is 2. The van der Waals surface area contributed by atoms with Crippen LogP contribution < -0.4 is 9.64 Å². The number of halogens is 1. The summed E-state index contributed by atoms with van der Waals surface area (Å²) >= 11 is 5.84. The van der Waals surface area contributed by atoms with Gasteiger partial charge in [0.1, 0.15) is 5.75 Å². The van der Waals surface area contributed by atoms with Crippen molar-refractivity contribution in [1.29, 1.82) is 0 Å². The molecule has 2 aromatic carbocycles. The normalized spacial score (nSPS) is 27.4. The number of rotatable bonds is 3. The number of ether oxygens (including phenoxy) is 1. The van der Waals surface area contributed by atoms with Crippen LogP contribution in [0, 0.1) is 23.7 Å². The Morgan fingerprint density at radius 1 is 0.964 bits per heavy atom. The Balaban J connectivity index is 1.40. The third-order valence-corrected chi connectivity index (χ3v) is 6.09. The first-order valence-corrected chi connectivity index (χ1v) is 9.54. The van der Waals surface area contributed by atoms with Crippen molar-refractivity contribution in [3.8, 4) is 5.75 Å². The molecule has 2 aromatic rings. The van der Waals surface area contributed by atoms with Gasteiger partial charge in [0, 0.05) is 5.02 Å². The van der Waals surface area contributed by atoms with Crippen LogP contribution in [0.2, 0.25) is 5.02 Å². The molecule has 1 aliphatic heterocycles. The average Bonchev–Trinajstić information content (AvgIpc) is 3.37. The van der Waals surface area contributed by atoms with Crippen LogP contribution in [0.1, 0.15) is 16.8 Å². The van der Waals surface area contributed by atoms with Gasteiger partial charge < -0.3 is 4.74 Å². The van der Waals surface area contributed by atoms with E-state index < -0.39 is 5.97 Å². The second-order valence-electron chi connectivity index (χ2n) is 7.41. The predicted octanol–water partition coefficient (Wildman–Crippen LogP) is 3.87. The molecule has 4 atom stereocenters. The molecule has 1 heterocycles. The molecule has 0 radical (unpaired) electrons. The van der Waals surface area contributed by atoms with Gasteiger partial charge in [-0.05, 0) is 60.7 Å². The molecule has 140 valence electrons. The number of hydrogen-bond acceptors (Lipinski definition) is 4. The van der Waals surface area contributed by atoms with E-state index in [0.717, 1.165) is 6.42 Å². The standard InChI is InChI=1S/C22H16ClNO4/c23-15-6-8-17(9-7-15)28-22(27)14-2-1-3-16(11-14)24-20(25)18-12-4-5-13(10-12)19(18)21(24)26/h1-9,11-13,18-19H,10H2/t12-,13-,18+,19+/m0/s1. The highest BCUT2D eigenvalue weighted by molar-refractivity contribution is 6.30. The maximum Gasteiger partial charge on any atom is 0.343 e. The number of allylic oxidation sites excluding steroid dienone is 2. The summed E-state index contributed by atoms with van der Waals surface area (Å²) in [6.45, 7) is 0. The van der Waals surface area contributed by atoms with E-state index in [2.05, 4.69) is 12.2 Å². The van der Waals surface area contributed by atoms with E-state index in [1.165, 1.54) is 11.0 Å². The summed E-state index contributed by atoms with van der Waals surface area (Å²) in [4.78, 5) is 39.6. The van der Waals surface area contributed by atoms with Gasteiger partial charge in [0.05, 0.1) is 23.1 Å². The fourth-order valence-corrected chi connectivity index (χ4v) is 4.72. The van der Waals surface area contributed by atoms with E-state index >= 15 is 0 Å². The summed E-state index contributed by atoms with van der Waals surface area (Å²) in [5.41, 5.74) is 0.681. The Hall–Kier alpha value is -2.92. The van der Waals surface area contributed by atoms with Crippen LogP contribution in [-0.2, 0) is 9.59 Å². The van der Waals surface area contributed by atoms with Gasteiger partial charge in [-0.15, -0.1) is 0 Å². The highest BCUT2D eigenvalue weighted by Crippen LogP contribution is 2.53. The van der Waals surface area contributed by atoms with Crippen LogP contribution >= 0.6 is 11.6 Å². The summed E-state index contributed by atoms with van der Waals surface area (Å²) in [6, 6.07) is 12.9. The highest BCUT2D eigenvalue weighted by Gasteiger charge is 2.59. The van der Waals surface area contributed by atoms with Crippen molar-refractivity contribution in [2.24, 2.45) is 23.7 Å². The van der Waals surface area contributed by atoms with Crippen molar-refractivity contribution in [3.05, 3.63) is 71.3 Å². The number of carbonyl (C=O) groups is 3. The molecule has 0 unspecified atom stereocenters. The SMILES string of the molecule is O=C(Oc1ccc(Cl)cc1)c1cccc(N2C(=O)[C@H]3[C@H](C2=O)[C@H]2C=C[C@H]3C2)c1. The van der Waals surface area contributed by atoms with E-state index in [1.54, 1.807) is 42.5 Å². The van der Waals surface area contributed by atoms with Crippen molar-refractivity contribution >= 4 is 35.1 Å². The first-order chi connectivity index (χ1) is 13.5. The molecule has 5 rings (SSSR count). The van der Waals surface area contributed by atoms with Crippen molar-refractivity contribution in [2.45, 2.75) is 6.42 Å². The lowest BCUT2D eigenvalue weighted by Gasteiger charge is -2.18. The van der Waals surface area contributed by atoms with E-state index in [4.69, 9.17) is 16.3 Å². The van der Waals surface area contributed by atoms with Gasteiger partial charge >= 0.3 is 5.97 Å². The lowest BCUT2D eigenvalue weighted by Crippen LogP contribution is -2.33. The van der Waals surface area contributed by atoms with Gasteiger partial charge in [-0.1, -0.05) is 29.8 Å². The predicted molar refractivity (Wildman–Crippen MR) is 103 cm³/mol. The summed E-state index contributed by atoms with van der Waals surface area (Å²) < 4.78 is 5.35. The number of benzene rings is 2. The van der Waals surface area contributed by atoms with Crippen LogP contribution in [0.5, 0.6) is 5.75 Å². The minimum Gasteiger partial charge on any atom is -0.423 e. The molecule has 0 aromatic heterocycles. The second-order valence-corrected chi connectivity index (χ2v) is 7.84. The summed E-state index contributed by atoms with van der Waals surface area (Å²) in [5, 5.41) is 0.543. The number of hydrogen-bond donors (Lipinski definition) is 0. The minimum absolute atomic E-state index is 0.148. The zero-order valence-electron chi connectivity index (χ0n) is 14.7. The van der Waals surface area contributed by atoms with Gasteiger partial charge in [-0.2, -0.15) is 0 Å². The van der Waals surface area contributed by atoms with E-state index in [-0.39, 0.29) is 41.0 Å². The number of anilines is 1. The van der Waals surface area contributed by atoms with Gasteiger partial charge in [-0.25, -0.2) is 9.69 Å². The van der Waals surface area contributed by atoms with E-state index in [0.29, 0.717) is 16.5 Å². The Labute approximate surface area is 166 Å². The van der Waals surface area contributed by atoms with E-state index in [9.17, 15) is 14.4 Å². The third-order valence-electron chi connectivity index (χ3n) is 5.83. The first kappa shape index (κ1) is 17.2. The van der Waals surface area contributed by atoms with Crippen LogP contribution in [0.4, 0.5) is 5.69 Å². The van der Waals surface area contributed by atoms with Crippen molar-refractivity contribution in [3.63, 3.8) is 0 Å². The molecule has 2 aliphatic carbocycles. The number of carbonyl (C=O) groups excluding carboxylic acids is 3. The van der Waals surface area contributed by atoms with Crippen molar-refractivity contribution < 1.29 is 19.1 Å². The minimum atomic E-state index is -0.565. The molecule has 28 heavy (non-hydrogen) atoms. The molecule has 6 heteroatoms. The number of fused-ring (bicyclic) bond motifs is 5. The number of imide groups is 1. The number of esters is 1. The Morgan fingerprint density at radius 3 is 2.25 bits per heavy atom. The summed E-state index contributed by atoms with van der Waals surface area (Å²) in [5.74, 6) is -0.788. The molecule has 2 bridgehead atoms. The average molecular weight is 394 g/mol. The van der Waals surface area contributed by atoms with Gasteiger partial charge in [0.2, 0.25) is 11.8 Å². The lowest BCUT2D eigenvalue weighted by molar-refractivity contribution is -0.123. The second kappa shape index (κ2) is 6.31. The molecule has 5 nitrogen and oxygen atoms in total. The fraction of sp³-hybridized carbons (Fsp3) is 0.227. The van der Waals surface area contributed by atoms with Crippen LogP contribution in [0.3, 0.4) is 0 Å². The largest absolute Gasteiger partial charge is 0.423 e. The summed E-state index contributed by atoms with van der Waals surface area (Å²) in [7, 11) is 0. The molecule has 2 fully saturated rings. The Kier molecular flexibility index (Phi) is 3.88. The maximum atomic E-state index is 12.9. The highest BCUT2D eigenvalue weighted by atomic mass is 35.5. The Morgan fingerprint density at radius 2 is 1.61 bits per heavy atom. The van der Waals surface area contributed by atoms with Crippen molar-refractivity contribution in [1.82, 2.24) is 0 Å². The zero-order chi connectivity index (χ0) is 19.4. The maximum absolute atomic E-state index is 12.9. The number of nitrogens with zero attached hydrogens (tertiary/aromatic N) is 1. The van der Waals surface area contributed by atoms with Gasteiger partial charge in [-0.3, -0.25) is 9.59 Å². The smallest absolute Gasteiger partial charge is 0.343 e. The van der Waals surface area contributed by atoms with Gasteiger partial charge in [0.15, 0.2) is 0 Å². The molecule has 3 aliphatic rings. The topological polar surface area (TPSA) is 63.7 Å². The molecule has 1 saturated carbocycles. The molecule has 1 saturated heterocycles. The summed E-state index contributed by atoms with van der Waals surface area (Å²) in [6.07, 6.45) is 4.99. The fourth-order valence-electron chi connectivity index (χ4n) is 4.60. The zero-order valence-corrected chi connectivity index (χ0v) is 15.5. The molecule has 0 spiro atoms. The monoisotopic (exact) mass is 393 g/mol. The third kappa shape index (κ3) is 2.58. The molecule has 0 N–H and O–H groups in total. The van der Waals surface area contributed by atoms with Crippen LogP contribution in [-0.4, -0.2) is 17.8 Å². The Bertz CT molecular complexity index is 999. The quantitative estimate of drug-likeness (QED) is 0.343.